The minimum absolute atomic E-state index is 0.0246. The molecule has 2 aromatic carbocycles. The van der Waals surface area contributed by atoms with Crippen LogP contribution in [0.4, 0.5) is 5.13 Å². The quantitative estimate of drug-likeness (QED) is 0.269. The van der Waals surface area contributed by atoms with Crippen LogP contribution in [0, 0.1) is 6.92 Å². The van der Waals surface area contributed by atoms with Gasteiger partial charge in [-0.2, -0.15) is 0 Å². The van der Waals surface area contributed by atoms with E-state index in [2.05, 4.69) is 26.0 Å². The van der Waals surface area contributed by atoms with Crippen LogP contribution in [0.25, 0.3) is 10.2 Å². The molecule has 0 saturated carbocycles. The second-order valence-electron chi connectivity index (χ2n) is 7.61. The summed E-state index contributed by atoms with van der Waals surface area (Å²) in [6.07, 6.45) is 1.91. The van der Waals surface area contributed by atoms with Gasteiger partial charge in [0.2, 0.25) is 5.91 Å². The average molecular weight is 471 g/mol. The fraction of sp³-hybridized carbons (Fsp3) is 0.250. The normalized spacial score (nSPS) is 11.4. The first-order valence-corrected chi connectivity index (χ1v) is 12.1. The van der Waals surface area contributed by atoms with Gasteiger partial charge in [0.15, 0.2) is 5.13 Å². The zero-order chi connectivity index (χ0) is 22.0. The van der Waals surface area contributed by atoms with Crippen molar-refractivity contribution in [3.8, 4) is 0 Å². The molecule has 31 heavy (non-hydrogen) atoms. The van der Waals surface area contributed by atoms with E-state index in [1.807, 2.05) is 55.1 Å². The molecule has 0 bridgehead atoms. The van der Waals surface area contributed by atoms with E-state index in [0.29, 0.717) is 34.1 Å². The number of benzene rings is 2. The number of thiazole rings is 1. The Morgan fingerprint density at radius 3 is 2.68 bits per heavy atom. The van der Waals surface area contributed by atoms with Gasteiger partial charge in [0.25, 0.3) is 0 Å². The molecule has 0 atom stereocenters. The van der Waals surface area contributed by atoms with Crippen LogP contribution in [0.15, 0.2) is 64.1 Å². The molecule has 0 spiro atoms. The summed E-state index contributed by atoms with van der Waals surface area (Å²) in [6.45, 7) is 6.65. The Morgan fingerprint density at radius 1 is 1.23 bits per heavy atom. The highest BCUT2D eigenvalue weighted by Crippen LogP contribution is 2.34. The maximum Gasteiger partial charge on any atom is 0.233 e. The van der Waals surface area contributed by atoms with Crippen molar-refractivity contribution < 1.29 is 9.21 Å². The Hall–Kier alpha value is -2.28. The molecule has 0 aliphatic rings. The van der Waals surface area contributed by atoms with Crippen molar-refractivity contribution in [1.29, 1.82) is 0 Å². The van der Waals surface area contributed by atoms with Crippen LogP contribution >= 0.6 is 34.7 Å². The number of aromatic nitrogens is 1. The minimum atomic E-state index is -0.0246. The Labute approximate surface area is 195 Å². The van der Waals surface area contributed by atoms with Gasteiger partial charge in [-0.15, -0.1) is 11.8 Å². The number of thioether (sulfide) groups is 1. The molecule has 0 saturated heterocycles. The Morgan fingerprint density at radius 2 is 2.00 bits per heavy atom. The maximum absolute atomic E-state index is 13.4. The van der Waals surface area contributed by atoms with Crippen molar-refractivity contribution in [3.63, 3.8) is 0 Å². The highest BCUT2D eigenvalue weighted by molar-refractivity contribution is 7.99. The molecule has 4 aromatic rings. The standard InChI is InChI=1S/C24H23ClN2O2S2/c1-15(2)30-20-8-6-17(7-9-20)12-22(28)27(14-19-5-4-10-29-19)24-26-23-16(3)11-18(25)13-21(23)31-24/h4-11,13,15H,12,14H2,1-3H3. The number of halogens is 1. The van der Waals surface area contributed by atoms with Crippen LogP contribution in [0.2, 0.25) is 5.02 Å². The van der Waals surface area contributed by atoms with Crippen LogP contribution in [-0.4, -0.2) is 16.1 Å². The summed E-state index contributed by atoms with van der Waals surface area (Å²) in [5.74, 6) is 0.689. The number of hydrogen-bond donors (Lipinski definition) is 0. The van der Waals surface area contributed by atoms with Crippen LogP contribution < -0.4 is 4.90 Å². The lowest BCUT2D eigenvalue weighted by Crippen LogP contribution is -2.31. The van der Waals surface area contributed by atoms with Crippen molar-refractivity contribution in [3.05, 3.63) is 76.7 Å². The summed E-state index contributed by atoms with van der Waals surface area (Å²) in [5, 5.41) is 1.84. The third kappa shape index (κ3) is 5.32. The van der Waals surface area contributed by atoms with Crippen LogP contribution in [0.5, 0.6) is 0 Å². The van der Waals surface area contributed by atoms with Crippen LogP contribution in [0.1, 0.15) is 30.7 Å². The summed E-state index contributed by atoms with van der Waals surface area (Å²) >= 11 is 9.50. The molecule has 4 rings (SSSR count). The molecular weight excluding hydrogens is 448 g/mol. The lowest BCUT2D eigenvalue weighted by Gasteiger charge is -2.19. The number of hydrogen-bond acceptors (Lipinski definition) is 5. The number of anilines is 1. The third-order valence-corrected chi connectivity index (χ3v) is 6.97. The largest absolute Gasteiger partial charge is 0.467 e. The number of aryl methyl sites for hydroxylation is 1. The highest BCUT2D eigenvalue weighted by atomic mass is 35.5. The lowest BCUT2D eigenvalue weighted by molar-refractivity contribution is -0.118. The molecule has 160 valence electrons. The van der Waals surface area contributed by atoms with Gasteiger partial charge in [-0.3, -0.25) is 9.69 Å². The van der Waals surface area contributed by atoms with E-state index in [4.69, 9.17) is 21.0 Å². The van der Waals surface area contributed by atoms with Crippen LogP contribution in [0.3, 0.4) is 0 Å². The minimum Gasteiger partial charge on any atom is -0.467 e. The van der Waals surface area contributed by atoms with Crippen molar-refractivity contribution >= 4 is 56.0 Å². The van der Waals surface area contributed by atoms with E-state index in [9.17, 15) is 4.79 Å². The molecule has 0 radical (unpaired) electrons. The van der Waals surface area contributed by atoms with Crippen molar-refractivity contribution in [2.24, 2.45) is 0 Å². The molecule has 2 aromatic heterocycles. The van der Waals surface area contributed by atoms with Crippen LogP contribution in [-0.2, 0) is 17.8 Å². The molecule has 0 unspecified atom stereocenters. The smallest absolute Gasteiger partial charge is 0.233 e. The predicted molar refractivity (Wildman–Crippen MR) is 130 cm³/mol. The molecule has 0 aliphatic carbocycles. The second-order valence-corrected chi connectivity index (χ2v) is 10.7. The lowest BCUT2D eigenvalue weighted by atomic mass is 10.1. The number of carbonyl (C=O) groups is 1. The van der Waals surface area contributed by atoms with Crippen molar-refractivity contribution in [1.82, 2.24) is 4.98 Å². The first-order valence-electron chi connectivity index (χ1n) is 10.0. The molecule has 1 amide bonds. The summed E-state index contributed by atoms with van der Waals surface area (Å²) in [6, 6.07) is 15.7. The van der Waals surface area contributed by atoms with E-state index in [1.165, 1.54) is 16.2 Å². The van der Waals surface area contributed by atoms with E-state index in [0.717, 1.165) is 21.3 Å². The second kappa shape index (κ2) is 9.47. The molecule has 7 heteroatoms. The van der Waals surface area contributed by atoms with Gasteiger partial charge in [-0.25, -0.2) is 4.98 Å². The zero-order valence-electron chi connectivity index (χ0n) is 17.6. The van der Waals surface area contributed by atoms with Gasteiger partial charge in [0.1, 0.15) is 5.76 Å². The predicted octanol–water partition coefficient (Wildman–Crippen LogP) is 7.13. The number of furan rings is 1. The Balaban J connectivity index is 1.62. The summed E-state index contributed by atoms with van der Waals surface area (Å²) < 4.78 is 6.48. The van der Waals surface area contributed by atoms with Gasteiger partial charge in [0, 0.05) is 15.2 Å². The number of rotatable bonds is 7. The maximum atomic E-state index is 13.4. The first kappa shape index (κ1) is 21.9. The van der Waals surface area contributed by atoms with E-state index < -0.39 is 0 Å². The molecule has 0 aliphatic heterocycles. The number of carbonyl (C=O) groups excluding carboxylic acids is 1. The first-order chi connectivity index (χ1) is 14.9. The molecule has 2 heterocycles. The molecular formula is C24H23ClN2O2S2. The molecule has 4 nitrogen and oxygen atoms in total. The van der Waals surface area contributed by atoms with Gasteiger partial charge < -0.3 is 4.42 Å². The molecule has 0 N–H and O–H groups in total. The van der Waals surface area contributed by atoms with Gasteiger partial charge in [0.05, 0.1) is 29.4 Å². The van der Waals surface area contributed by atoms with Crippen molar-refractivity contribution in [2.75, 3.05) is 4.90 Å². The molecule has 0 fully saturated rings. The number of amides is 1. The topological polar surface area (TPSA) is 46.3 Å². The van der Waals surface area contributed by atoms with Gasteiger partial charge in [-0.05, 0) is 54.4 Å². The monoisotopic (exact) mass is 470 g/mol. The van der Waals surface area contributed by atoms with E-state index in [-0.39, 0.29) is 5.91 Å². The third-order valence-electron chi connectivity index (χ3n) is 4.72. The van der Waals surface area contributed by atoms with E-state index >= 15 is 0 Å². The fourth-order valence-corrected chi connectivity index (χ4v) is 5.58. The van der Waals surface area contributed by atoms with E-state index in [1.54, 1.807) is 11.2 Å². The van der Waals surface area contributed by atoms with Gasteiger partial charge in [-0.1, -0.05) is 48.9 Å². The highest BCUT2D eigenvalue weighted by Gasteiger charge is 2.22. The van der Waals surface area contributed by atoms with Gasteiger partial charge >= 0.3 is 0 Å². The summed E-state index contributed by atoms with van der Waals surface area (Å²) in [5.41, 5.74) is 2.84. The summed E-state index contributed by atoms with van der Waals surface area (Å²) in [7, 11) is 0. The Kier molecular flexibility index (Phi) is 6.70. The SMILES string of the molecule is Cc1cc(Cl)cc2sc(N(Cc3ccco3)C(=O)Cc3ccc(SC(C)C)cc3)nc12. The number of fused-ring (bicyclic) bond motifs is 1. The fourth-order valence-electron chi connectivity index (χ4n) is 3.31. The zero-order valence-corrected chi connectivity index (χ0v) is 20.0. The van der Waals surface area contributed by atoms with Crippen molar-refractivity contribution in [2.45, 2.75) is 43.9 Å². The number of nitrogens with zero attached hydrogens (tertiary/aromatic N) is 2. The average Bonchev–Trinajstić information content (AvgIpc) is 3.36. The summed E-state index contributed by atoms with van der Waals surface area (Å²) in [4.78, 5) is 21.0. The Bertz CT molecular complexity index is 1180.